The van der Waals surface area contributed by atoms with E-state index in [1.807, 2.05) is 0 Å². The smallest absolute Gasteiger partial charge is 0.0893 e. The van der Waals surface area contributed by atoms with Gasteiger partial charge in [-0.05, 0) is 44.6 Å². The summed E-state index contributed by atoms with van der Waals surface area (Å²) >= 11 is 0. The summed E-state index contributed by atoms with van der Waals surface area (Å²) in [5.41, 5.74) is 4.05. The SMILES string of the molecule is Cc1ccc2c(c1)C1OC(C3CCCCC3)CCC1CN2.Cl. The molecule has 2 nitrogen and oxygen atoms in total. The Morgan fingerprint density at radius 1 is 1.00 bits per heavy atom. The van der Waals surface area contributed by atoms with Crippen molar-refractivity contribution in [3.63, 3.8) is 0 Å². The molecule has 0 bridgehead atoms. The lowest BCUT2D eigenvalue weighted by molar-refractivity contribution is -0.113. The van der Waals surface area contributed by atoms with Crippen LogP contribution in [0.25, 0.3) is 0 Å². The van der Waals surface area contributed by atoms with Crippen LogP contribution in [0.4, 0.5) is 5.69 Å². The molecule has 1 aromatic rings. The van der Waals surface area contributed by atoms with E-state index in [1.54, 1.807) is 0 Å². The highest BCUT2D eigenvalue weighted by molar-refractivity contribution is 5.85. The minimum absolute atomic E-state index is 0. The largest absolute Gasteiger partial charge is 0.384 e. The normalized spacial score (nSPS) is 31.4. The zero-order valence-electron chi connectivity index (χ0n) is 13.5. The van der Waals surface area contributed by atoms with Gasteiger partial charge < -0.3 is 10.1 Å². The van der Waals surface area contributed by atoms with Crippen molar-refractivity contribution in [2.24, 2.45) is 11.8 Å². The molecular weight excluding hydrogens is 294 g/mol. The van der Waals surface area contributed by atoms with Crippen LogP contribution in [0.5, 0.6) is 0 Å². The van der Waals surface area contributed by atoms with Gasteiger partial charge in [-0.3, -0.25) is 0 Å². The van der Waals surface area contributed by atoms with Gasteiger partial charge in [-0.1, -0.05) is 37.0 Å². The van der Waals surface area contributed by atoms with Crippen LogP contribution in [-0.2, 0) is 4.74 Å². The van der Waals surface area contributed by atoms with E-state index in [9.17, 15) is 0 Å². The number of halogens is 1. The molecule has 4 rings (SSSR count). The maximum Gasteiger partial charge on any atom is 0.0893 e. The van der Waals surface area contributed by atoms with E-state index < -0.39 is 0 Å². The highest BCUT2D eigenvalue weighted by Gasteiger charge is 2.38. The van der Waals surface area contributed by atoms with Crippen LogP contribution >= 0.6 is 12.4 Å². The predicted octanol–water partition coefficient (Wildman–Crippen LogP) is 5.26. The lowest BCUT2D eigenvalue weighted by Crippen LogP contribution is -2.40. The number of fused-ring (bicyclic) bond motifs is 3. The standard InChI is InChI=1S/C19H27NO.ClH/c1-13-7-9-17-16(11-13)19-15(12-20-17)8-10-18(21-19)14-5-3-2-4-6-14;/h7,9,11,14-15,18-20H,2-6,8,10,12H2,1H3;1H. The van der Waals surface area contributed by atoms with Gasteiger partial charge in [0.2, 0.25) is 0 Å². The van der Waals surface area contributed by atoms with Gasteiger partial charge in [0, 0.05) is 23.7 Å². The molecule has 1 aliphatic carbocycles. The first kappa shape index (κ1) is 16.1. The summed E-state index contributed by atoms with van der Waals surface area (Å²) in [4.78, 5) is 0. The van der Waals surface area contributed by atoms with Gasteiger partial charge >= 0.3 is 0 Å². The van der Waals surface area contributed by atoms with Crippen LogP contribution in [0.3, 0.4) is 0 Å². The molecule has 0 spiro atoms. The average Bonchev–Trinajstić information content (AvgIpc) is 2.55. The molecule has 2 heterocycles. The maximum absolute atomic E-state index is 6.67. The van der Waals surface area contributed by atoms with Crippen molar-refractivity contribution in [2.45, 2.75) is 64.1 Å². The molecule has 1 saturated carbocycles. The van der Waals surface area contributed by atoms with E-state index >= 15 is 0 Å². The molecule has 22 heavy (non-hydrogen) atoms. The fourth-order valence-electron chi connectivity index (χ4n) is 4.61. The molecule has 3 atom stereocenters. The molecule has 122 valence electrons. The Morgan fingerprint density at radius 3 is 2.64 bits per heavy atom. The summed E-state index contributed by atoms with van der Waals surface area (Å²) in [6, 6.07) is 6.77. The number of hydrogen-bond acceptors (Lipinski definition) is 2. The fourth-order valence-corrected chi connectivity index (χ4v) is 4.61. The van der Waals surface area contributed by atoms with Crippen molar-refractivity contribution < 1.29 is 4.74 Å². The number of nitrogens with one attached hydrogen (secondary N) is 1. The molecular formula is C19H28ClNO. The second kappa shape index (κ2) is 6.80. The lowest BCUT2D eigenvalue weighted by atomic mass is 9.78. The molecule has 1 aromatic carbocycles. The van der Waals surface area contributed by atoms with Crippen molar-refractivity contribution in [3.8, 4) is 0 Å². The Labute approximate surface area is 140 Å². The second-order valence-corrected chi connectivity index (χ2v) is 7.30. The number of anilines is 1. The molecule has 0 aromatic heterocycles. The van der Waals surface area contributed by atoms with Crippen LogP contribution in [0, 0.1) is 18.8 Å². The molecule has 2 fully saturated rings. The van der Waals surface area contributed by atoms with Crippen molar-refractivity contribution in [2.75, 3.05) is 11.9 Å². The van der Waals surface area contributed by atoms with Crippen LogP contribution in [0.15, 0.2) is 18.2 Å². The third-order valence-corrected chi connectivity index (χ3v) is 5.82. The van der Waals surface area contributed by atoms with Crippen LogP contribution in [0.2, 0.25) is 0 Å². The molecule has 0 radical (unpaired) electrons. The van der Waals surface area contributed by atoms with Crippen LogP contribution in [-0.4, -0.2) is 12.6 Å². The number of ether oxygens (including phenoxy) is 1. The number of hydrogen-bond donors (Lipinski definition) is 1. The summed E-state index contributed by atoms with van der Waals surface area (Å²) in [7, 11) is 0. The molecule has 1 N–H and O–H groups in total. The highest BCUT2D eigenvalue weighted by Crippen LogP contribution is 2.45. The van der Waals surface area contributed by atoms with Gasteiger partial charge in [0.1, 0.15) is 0 Å². The Morgan fingerprint density at radius 2 is 1.82 bits per heavy atom. The molecule has 2 aliphatic heterocycles. The van der Waals surface area contributed by atoms with Gasteiger partial charge in [-0.2, -0.15) is 0 Å². The first-order valence-corrected chi connectivity index (χ1v) is 8.81. The highest BCUT2D eigenvalue weighted by atomic mass is 35.5. The monoisotopic (exact) mass is 321 g/mol. The first-order chi connectivity index (χ1) is 10.3. The summed E-state index contributed by atoms with van der Waals surface area (Å²) in [5, 5.41) is 3.60. The minimum atomic E-state index is 0. The van der Waals surface area contributed by atoms with Gasteiger partial charge in [0.25, 0.3) is 0 Å². The van der Waals surface area contributed by atoms with E-state index in [4.69, 9.17) is 4.74 Å². The summed E-state index contributed by atoms with van der Waals surface area (Å²) in [6.07, 6.45) is 10.5. The predicted molar refractivity (Wildman–Crippen MR) is 93.8 cm³/mol. The fraction of sp³-hybridized carbons (Fsp3) is 0.684. The molecule has 3 heteroatoms. The zero-order valence-corrected chi connectivity index (χ0v) is 14.3. The first-order valence-electron chi connectivity index (χ1n) is 8.81. The molecule has 0 amide bonds. The van der Waals surface area contributed by atoms with E-state index in [0.717, 1.165) is 12.5 Å². The van der Waals surface area contributed by atoms with Gasteiger partial charge in [-0.25, -0.2) is 0 Å². The van der Waals surface area contributed by atoms with E-state index in [1.165, 1.54) is 61.8 Å². The number of aryl methyl sites for hydroxylation is 1. The lowest BCUT2D eigenvalue weighted by Gasteiger charge is -2.44. The minimum Gasteiger partial charge on any atom is -0.384 e. The van der Waals surface area contributed by atoms with E-state index in [0.29, 0.717) is 18.1 Å². The number of rotatable bonds is 1. The van der Waals surface area contributed by atoms with Crippen molar-refractivity contribution >= 4 is 18.1 Å². The number of benzene rings is 1. The Balaban J connectivity index is 0.00000144. The summed E-state index contributed by atoms with van der Waals surface area (Å²) < 4.78 is 6.67. The summed E-state index contributed by atoms with van der Waals surface area (Å²) in [6.45, 7) is 3.27. The van der Waals surface area contributed by atoms with Crippen molar-refractivity contribution in [1.82, 2.24) is 0 Å². The Bertz CT molecular complexity index is 512. The maximum atomic E-state index is 6.67. The van der Waals surface area contributed by atoms with Gasteiger partial charge in [-0.15, -0.1) is 12.4 Å². The molecule has 3 unspecified atom stereocenters. The van der Waals surface area contributed by atoms with Crippen molar-refractivity contribution in [1.29, 1.82) is 0 Å². The molecule has 1 saturated heterocycles. The Hall–Kier alpha value is -0.730. The summed E-state index contributed by atoms with van der Waals surface area (Å²) in [5.74, 6) is 1.49. The zero-order chi connectivity index (χ0) is 14.2. The quantitative estimate of drug-likeness (QED) is 0.762. The van der Waals surface area contributed by atoms with Gasteiger partial charge in [0.15, 0.2) is 0 Å². The second-order valence-electron chi connectivity index (χ2n) is 7.30. The van der Waals surface area contributed by atoms with Crippen LogP contribution < -0.4 is 5.32 Å². The Kier molecular flexibility index (Phi) is 4.99. The van der Waals surface area contributed by atoms with Crippen LogP contribution in [0.1, 0.15) is 62.2 Å². The third kappa shape index (κ3) is 3.00. The topological polar surface area (TPSA) is 21.3 Å². The average molecular weight is 322 g/mol. The van der Waals surface area contributed by atoms with Crippen molar-refractivity contribution in [3.05, 3.63) is 29.3 Å². The van der Waals surface area contributed by atoms with E-state index in [2.05, 4.69) is 30.4 Å². The van der Waals surface area contributed by atoms with Gasteiger partial charge in [0.05, 0.1) is 12.2 Å². The molecule has 3 aliphatic rings. The van der Waals surface area contributed by atoms with E-state index in [-0.39, 0.29) is 12.4 Å². The third-order valence-electron chi connectivity index (χ3n) is 5.82.